The molecule has 1 saturated heterocycles. The summed E-state index contributed by atoms with van der Waals surface area (Å²) in [5.41, 5.74) is 4.51. The smallest absolute Gasteiger partial charge is 0.407 e. The highest BCUT2D eigenvalue weighted by atomic mass is 16.5. The highest BCUT2D eigenvalue weighted by molar-refractivity contribution is 5.89. The van der Waals surface area contributed by atoms with Gasteiger partial charge in [0.2, 0.25) is 5.91 Å². The van der Waals surface area contributed by atoms with Gasteiger partial charge in [0.1, 0.15) is 18.7 Å². The number of carboxylic acids is 1. The lowest BCUT2D eigenvalue weighted by Gasteiger charge is -2.28. The van der Waals surface area contributed by atoms with Crippen molar-refractivity contribution in [1.29, 1.82) is 0 Å². The fraction of sp³-hybridized carbons (Fsp3) is 0.423. The number of alkyl carbamates (subject to hydrolysis) is 1. The Labute approximate surface area is 193 Å². The van der Waals surface area contributed by atoms with Crippen LogP contribution in [-0.4, -0.2) is 53.2 Å². The molecule has 2 N–H and O–H groups in total. The first-order chi connectivity index (χ1) is 15.9. The number of likely N-dealkylation sites (tertiary alicyclic amines) is 1. The van der Waals surface area contributed by atoms with Crippen LogP contribution in [0.5, 0.6) is 0 Å². The second-order valence-corrected chi connectivity index (χ2v) is 9.18. The molecule has 1 unspecified atom stereocenters. The minimum atomic E-state index is -1.01. The summed E-state index contributed by atoms with van der Waals surface area (Å²) in [5, 5.41) is 12.1. The van der Waals surface area contributed by atoms with Gasteiger partial charge in [0, 0.05) is 12.5 Å². The lowest BCUT2D eigenvalue weighted by molar-refractivity contribution is -0.149. The van der Waals surface area contributed by atoms with E-state index in [9.17, 15) is 19.5 Å². The van der Waals surface area contributed by atoms with Crippen molar-refractivity contribution in [2.75, 3.05) is 13.2 Å². The number of benzene rings is 2. The fourth-order valence-electron chi connectivity index (χ4n) is 4.96. The van der Waals surface area contributed by atoms with E-state index in [0.29, 0.717) is 25.8 Å². The number of amides is 2. The first kappa shape index (κ1) is 22.8. The Balaban J connectivity index is 1.44. The van der Waals surface area contributed by atoms with E-state index in [2.05, 4.69) is 17.4 Å². The van der Waals surface area contributed by atoms with Crippen LogP contribution in [0.2, 0.25) is 0 Å². The number of hydrogen-bond acceptors (Lipinski definition) is 4. The van der Waals surface area contributed by atoms with Crippen molar-refractivity contribution in [3.05, 3.63) is 59.7 Å². The number of nitrogens with zero attached hydrogens (tertiary/aromatic N) is 1. The van der Waals surface area contributed by atoms with E-state index >= 15 is 0 Å². The highest BCUT2D eigenvalue weighted by Gasteiger charge is 2.38. The minimum absolute atomic E-state index is 0.0719. The molecule has 7 nitrogen and oxygen atoms in total. The predicted octanol–water partition coefficient (Wildman–Crippen LogP) is 4.02. The Morgan fingerprint density at radius 2 is 1.67 bits per heavy atom. The minimum Gasteiger partial charge on any atom is -0.480 e. The Bertz CT molecular complexity index is 1000. The topological polar surface area (TPSA) is 95.9 Å². The molecule has 2 aliphatic rings. The van der Waals surface area contributed by atoms with E-state index in [4.69, 9.17) is 4.74 Å². The largest absolute Gasteiger partial charge is 0.480 e. The number of carboxylic acid groups (broad SMARTS) is 1. The van der Waals surface area contributed by atoms with Gasteiger partial charge in [-0.05, 0) is 47.4 Å². The molecule has 1 aliphatic heterocycles. The van der Waals surface area contributed by atoms with Crippen LogP contribution in [0.1, 0.15) is 50.2 Å². The Morgan fingerprint density at radius 1 is 1.06 bits per heavy atom. The van der Waals surface area contributed by atoms with E-state index in [1.807, 2.05) is 50.2 Å². The number of fused-ring (bicyclic) bond motifs is 3. The lowest BCUT2D eigenvalue weighted by atomic mass is 9.98. The normalized spacial score (nSPS) is 18.0. The van der Waals surface area contributed by atoms with Gasteiger partial charge < -0.3 is 20.1 Å². The Morgan fingerprint density at radius 3 is 2.24 bits per heavy atom. The van der Waals surface area contributed by atoms with Gasteiger partial charge in [-0.25, -0.2) is 9.59 Å². The number of carbonyl (C=O) groups excluding carboxylic acids is 2. The fourth-order valence-corrected chi connectivity index (χ4v) is 4.96. The molecule has 0 bridgehead atoms. The van der Waals surface area contributed by atoms with Gasteiger partial charge in [-0.2, -0.15) is 0 Å². The van der Waals surface area contributed by atoms with E-state index in [1.54, 1.807) is 0 Å². The summed E-state index contributed by atoms with van der Waals surface area (Å²) in [6, 6.07) is 14.5. The second kappa shape index (κ2) is 9.65. The first-order valence-electron chi connectivity index (χ1n) is 11.5. The third kappa shape index (κ3) is 4.72. The molecule has 1 heterocycles. The van der Waals surface area contributed by atoms with Crippen molar-refractivity contribution in [1.82, 2.24) is 10.2 Å². The quantitative estimate of drug-likeness (QED) is 0.664. The zero-order valence-electron chi connectivity index (χ0n) is 19.0. The van der Waals surface area contributed by atoms with Crippen molar-refractivity contribution in [3.63, 3.8) is 0 Å². The molecule has 0 aromatic heterocycles. The molecule has 4 rings (SSSR count). The van der Waals surface area contributed by atoms with Crippen LogP contribution in [-0.2, 0) is 14.3 Å². The van der Waals surface area contributed by atoms with E-state index in [1.165, 1.54) is 4.90 Å². The van der Waals surface area contributed by atoms with Gasteiger partial charge >= 0.3 is 12.1 Å². The SMILES string of the molecule is CC(C)CC(NC(=O)OCC1c2ccccc2-c2ccccc21)C(=O)N1CCC[C@H]1C(=O)O. The number of ether oxygens (including phenoxy) is 1. The van der Waals surface area contributed by atoms with Crippen LogP contribution in [0.4, 0.5) is 4.79 Å². The maximum atomic E-state index is 13.1. The average molecular weight is 451 g/mol. The van der Waals surface area contributed by atoms with Crippen molar-refractivity contribution in [2.45, 2.75) is 51.1 Å². The summed E-state index contributed by atoms with van der Waals surface area (Å²) >= 11 is 0. The van der Waals surface area contributed by atoms with Crippen LogP contribution in [0.25, 0.3) is 11.1 Å². The van der Waals surface area contributed by atoms with E-state index in [0.717, 1.165) is 22.3 Å². The van der Waals surface area contributed by atoms with E-state index < -0.39 is 24.1 Å². The summed E-state index contributed by atoms with van der Waals surface area (Å²) in [5.74, 6) is -1.30. The number of hydrogen-bond donors (Lipinski definition) is 2. The van der Waals surface area contributed by atoms with Gasteiger partial charge in [-0.1, -0.05) is 62.4 Å². The molecule has 0 saturated carbocycles. The summed E-state index contributed by atoms with van der Waals surface area (Å²) < 4.78 is 5.60. The van der Waals surface area contributed by atoms with Crippen molar-refractivity contribution < 1.29 is 24.2 Å². The third-order valence-corrected chi connectivity index (χ3v) is 6.46. The predicted molar refractivity (Wildman–Crippen MR) is 124 cm³/mol. The summed E-state index contributed by atoms with van der Waals surface area (Å²) in [7, 11) is 0. The maximum absolute atomic E-state index is 13.1. The molecule has 2 aromatic rings. The molecule has 174 valence electrons. The molecule has 2 amide bonds. The number of aliphatic carboxylic acids is 1. The van der Waals surface area contributed by atoms with Crippen LogP contribution in [0, 0.1) is 5.92 Å². The van der Waals surface area contributed by atoms with Crippen molar-refractivity contribution in [2.24, 2.45) is 5.92 Å². The van der Waals surface area contributed by atoms with Gasteiger partial charge in [0.05, 0.1) is 0 Å². The van der Waals surface area contributed by atoms with Gasteiger partial charge in [0.25, 0.3) is 0 Å². The summed E-state index contributed by atoms with van der Waals surface area (Å²) in [4.78, 5) is 38.7. The summed E-state index contributed by atoms with van der Waals surface area (Å²) in [6.07, 6.45) is 0.816. The van der Waals surface area contributed by atoms with Crippen molar-refractivity contribution >= 4 is 18.0 Å². The maximum Gasteiger partial charge on any atom is 0.407 e. The molecule has 2 atom stereocenters. The molecular formula is C26H30N2O5. The van der Waals surface area contributed by atoms with Gasteiger partial charge in [-0.3, -0.25) is 4.79 Å². The van der Waals surface area contributed by atoms with E-state index in [-0.39, 0.29) is 24.3 Å². The monoisotopic (exact) mass is 450 g/mol. The zero-order chi connectivity index (χ0) is 23.5. The first-order valence-corrected chi connectivity index (χ1v) is 11.5. The summed E-state index contributed by atoms with van der Waals surface area (Å²) in [6.45, 7) is 4.46. The highest BCUT2D eigenvalue weighted by Crippen LogP contribution is 2.44. The molecule has 1 fully saturated rings. The standard InChI is InChI=1S/C26H30N2O5/c1-16(2)14-22(24(29)28-13-7-12-23(28)25(30)31)27-26(32)33-15-21-19-10-5-3-8-17(19)18-9-4-6-11-20(18)21/h3-6,8-11,16,21-23H,7,12-15H2,1-2H3,(H,27,32)(H,30,31)/t22?,23-/m0/s1. The molecule has 33 heavy (non-hydrogen) atoms. The van der Waals surface area contributed by atoms with Crippen LogP contribution in [0.3, 0.4) is 0 Å². The third-order valence-electron chi connectivity index (χ3n) is 6.46. The Hall–Kier alpha value is -3.35. The second-order valence-electron chi connectivity index (χ2n) is 9.18. The molecule has 0 radical (unpaired) electrons. The number of rotatable bonds is 7. The van der Waals surface area contributed by atoms with Gasteiger partial charge in [0.15, 0.2) is 0 Å². The molecule has 0 spiro atoms. The molecule has 7 heteroatoms. The molecule has 1 aliphatic carbocycles. The lowest BCUT2D eigenvalue weighted by Crippen LogP contribution is -2.52. The molecular weight excluding hydrogens is 420 g/mol. The van der Waals surface area contributed by atoms with Crippen LogP contribution in [0.15, 0.2) is 48.5 Å². The Kier molecular flexibility index (Phi) is 6.67. The number of nitrogens with one attached hydrogen (secondary N) is 1. The zero-order valence-corrected chi connectivity index (χ0v) is 19.0. The van der Waals surface area contributed by atoms with Crippen LogP contribution >= 0.6 is 0 Å². The average Bonchev–Trinajstić information content (AvgIpc) is 3.40. The van der Waals surface area contributed by atoms with Gasteiger partial charge in [-0.15, -0.1) is 0 Å². The van der Waals surface area contributed by atoms with Crippen molar-refractivity contribution in [3.8, 4) is 11.1 Å². The molecule has 2 aromatic carbocycles. The number of carbonyl (C=O) groups is 3. The van der Waals surface area contributed by atoms with Crippen LogP contribution < -0.4 is 5.32 Å².